The molecule has 0 fully saturated rings. The fourth-order valence-corrected chi connectivity index (χ4v) is 3.16. The first-order valence-corrected chi connectivity index (χ1v) is 9.72. The fourth-order valence-electron chi connectivity index (χ4n) is 2.07. The van der Waals surface area contributed by atoms with Gasteiger partial charge in [-0.1, -0.05) is 25.1 Å². The van der Waals surface area contributed by atoms with Crippen LogP contribution >= 0.6 is 0 Å². The summed E-state index contributed by atoms with van der Waals surface area (Å²) in [4.78, 5) is 16.3. The number of nitrogens with one attached hydrogen (secondary N) is 2. The van der Waals surface area contributed by atoms with Crippen LogP contribution in [0.5, 0.6) is 0 Å². The highest BCUT2D eigenvalue weighted by molar-refractivity contribution is 7.89. The molecule has 26 heavy (non-hydrogen) atoms. The van der Waals surface area contributed by atoms with E-state index in [2.05, 4.69) is 20.2 Å². The highest BCUT2D eigenvalue weighted by atomic mass is 32.2. The predicted molar refractivity (Wildman–Crippen MR) is 96.0 cm³/mol. The topological polar surface area (TPSA) is 140 Å². The molecule has 0 aliphatic rings. The standard InChI is InChI=1S/C16H23N5O4S/c1-11(2)16-20-15(25-21-16)7-6-14(22)19-12-4-3-5-13(10-12)26(23,24)18-9-8-17/h3-5,10-11,18H,6-9,17H2,1-2H3,(H,19,22). The van der Waals surface area contributed by atoms with E-state index in [1.54, 1.807) is 12.1 Å². The molecule has 10 heteroatoms. The van der Waals surface area contributed by atoms with Crippen LogP contribution in [0.3, 0.4) is 0 Å². The van der Waals surface area contributed by atoms with Crippen LogP contribution in [0.1, 0.15) is 37.9 Å². The molecule has 0 saturated heterocycles. The van der Waals surface area contributed by atoms with Gasteiger partial charge in [-0.25, -0.2) is 13.1 Å². The fraction of sp³-hybridized carbons (Fsp3) is 0.438. The Balaban J connectivity index is 1.95. The predicted octanol–water partition coefficient (Wildman–Crippen LogP) is 1.00. The Labute approximate surface area is 152 Å². The number of benzene rings is 1. The number of sulfonamides is 1. The number of hydrogen-bond donors (Lipinski definition) is 3. The van der Waals surface area contributed by atoms with Crippen molar-refractivity contribution < 1.29 is 17.7 Å². The van der Waals surface area contributed by atoms with Crippen LogP contribution in [0.25, 0.3) is 0 Å². The molecular weight excluding hydrogens is 358 g/mol. The quantitative estimate of drug-likeness (QED) is 0.588. The number of carbonyl (C=O) groups excluding carboxylic acids is 1. The first-order chi connectivity index (χ1) is 12.3. The molecule has 2 rings (SSSR count). The minimum Gasteiger partial charge on any atom is -0.339 e. The molecule has 0 spiro atoms. The van der Waals surface area contributed by atoms with Crippen molar-refractivity contribution in [3.05, 3.63) is 36.0 Å². The van der Waals surface area contributed by atoms with Gasteiger partial charge in [0.1, 0.15) is 0 Å². The molecule has 1 heterocycles. The van der Waals surface area contributed by atoms with Crippen molar-refractivity contribution in [1.29, 1.82) is 0 Å². The van der Waals surface area contributed by atoms with Crippen molar-refractivity contribution in [2.75, 3.05) is 18.4 Å². The Morgan fingerprint density at radius 2 is 2.12 bits per heavy atom. The molecule has 1 amide bonds. The average Bonchev–Trinajstić information content (AvgIpc) is 3.08. The SMILES string of the molecule is CC(C)c1noc(CCC(=O)Nc2cccc(S(=O)(=O)NCCN)c2)n1. The van der Waals surface area contributed by atoms with Crippen LogP contribution < -0.4 is 15.8 Å². The number of rotatable bonds is 9. The van der Waals surface area contributed by atoms with Gasteiger partial charge in [-0.15, -0.1) is 0 Å². The van der Waals surface area contributed by atoms with Gasteiger partial charge in [0.05, 0.1) is 4.90 Å². The lowest BCUT2D eigenvalue weighted by Crippen LogP contribution is -2.29. The molecule has 0 aliphatic heterocycles. The van der Waals surface area contributed by atoms with Gasteiger partial charge >= 0.3 is 0 Å². The van der Waals surface area contributed by atoms with Gasteiger partial charge in [-0.3, -0.25) is 4.79 Å². The minimum absolute atomic E-state index is 0.0576. The summed E-state index contributed by atoms with van der Waals surface area (Å²) in [6.07, 6.45) is 0.448. The summed E-state index contributed by atoms with van der Waals surface area (Å²) in [5, 5.41) is 6.50. The van der Waals surface area contributed by atoms with Crippen molar-refractivity contribution in [2.24, 2.45) is 5.73 Å². The number of carbonyl (C=O) groups is 1. The van der Waals surface area contributed by atoms with E-state index >= 15 is 0 Å². The van der Waals surface area contributed by atoms with Crippen molar-refractivity contribution in [3.63, 3.8) is 0 Å². The summed E-state index contributed by atoms with van der Waals surface area (Å²) in [6.45, 7) is 4.24. The lowest BCUT2D eigenvalue weighted by atomic mass is 10.2. The van der Waals surface area contributed by atoms with Crippen molar-refractivity contribution in [3.8, 4) is 0 Å². The molecule has 4 N–H and O–H groups in total. The second-order valence-electron chi connectivity index (χ2n) is 5.96. The average molecular weight is 381 g/mol. The third-order valence-electron chi connectivity index (χ3n) is 3.43. The Hall–Kier alpha value is -2.30. The number of hydrogen-bond acceptors (Lipinski definition) is 7. The van der Waals surface area contributed by atoms with Gasteiger partial charge in [0.2, 0.25) is 21.8 Å². The maximum atomic E-state index is 12.1. The van der Waals surface area contributed by atoms with Crippen LogP contribution in [0.2, 0.25) is 0 Å². The zero-order chi connectivity index (χ0) is 19.2. The summed E-state index contributed by atoms with van der Waals surface area (Å²) < 4.78 is 31.6. The molecule has 1 aromatic heterocycles. The van der Waals surface area contributed by atoms with E-state index in [0.29, 0.717) is 23.8 Å². The van der Waals surface area contributed by atoms with E-state index in [4.69, 9.17) is 10.3 Å². The monoisotopic (exact) mass is 381 g/mol. The van der Waals surface area contributed by atoms with E-state index in [9.17, 15) is 13.2 Å². The molecule has 0 saturated carbocycles. The second kappa shape index (κ2) is 8.88. The van der Waals surface area contributed by atoms with Crippen molar-refractivity contribution in [2.45, 2.75) is 37.5 Å². The van der Waals surface area contributed by atoms with Gasteiger partial charge in [0.25, 0.3) is 0 Å². The molecule has 2 aromatic rings. The Kier molecular flexibility index (Phi) is 6.83. The Bertz CT molecular complexity index is 848. The number of anilines is 1. The molecule has 0 atom stereocenters. The summed E-state index contributed by atoms with van der Waals surface area (Å²) >= 11 is 0. The largest absolute Gasteiger partial charge is 0.339 e. The molecule has 0 aliphatic carbocycles. The molecule has 1 aromatic carbocycles. The smallest absolute Gasteiger partial charge is 0.240 e. The summed E-state index contributed by atoms with van der Waals surface area (Å²) in [6, 6.07) is 6.00. The number of nitrogens with zero attached hydrogens (tertiary/aromatic N) is 2. The Morgan fingerprint density at radius 1 is 1.35 bits per heavy atom. The zero-order valence-corrected chi connectivity index (χ0v) is 15.5. The third kappa shape index (κ3) is 5.61. The van der Waals surface area contributed by atoms with E-state index in [0.717, 1.165) is 0 Å². The van der Waals surface area contributed by atoms with Crippen LogP contribution in [-0.4, -0.2) is 37.6 Å². The number of nitrogens with two attached hydrogens (primary N) is 1. The third-order valence-corrected chi connectivity index (χ3v) is 4.89. The van der Waals surface area contributed by atoms with Gasteiger partial charge in [-0.2, -0.15) is 4.98 Å². The highest BCUT2D eigenvalue weighted by Gasteiger charge is 2.15. The van der Waals surface area contributed by atoms with E-state index in [-0.39, 0.29) is 36.2 Å². The van der Waals surface area contributed by atoms with Crippen LogP contribution in [0, 0.1) is 0 Å². The van der Waals surface area contributed by atoms with Crippen LogP contribution in [-0.2, 0) is 21.2 Å². The summed E-state index contributed by atoms with van der Waals surface area (Å²) in [5.74, 6) is 0.868. The molecule has 0 unspecified atom stereocenters. The normalized spacial score (nSPS) is 11.7. The lowest BCUT2D eigenvalue weighted by Gasteiger charge is -2.08. The first-order valence-electron chi connectivity index (χ1n) is 8.24. The zero-order valence-electron chi connectivity index (χ0n) is 14.7. The maximum Gasteiger partial charge on any atom is 0.240 e. The highest BCUT2D eigenvalue weighted by Crippen LogP contribution is 2.16. The molecule has 0 bridgehead atoms. The molecule has 142 valence electrons. The Morgan fingerprint density at radius 3 is 2.77 bits per heavy atom. The van der Waals surface area contributed by atoms with Gasteiger partial charge in [0, 0.05) is 37.5 Å². The van der Waals surface area contributed by atoms with Gasteiger partial charge in [0.15, 0.2) is 5.82 Å². The van der Waals surface area contributed by atoms with Gasteiger partial charge in [-0.05, 0) is 18.2 Å². The van der Waals surface area contributed by atoms with Crippen LogP contribution in [0.15, 0.2) is 33.7 Å². The lowest BCUT2D eigenvalue weighted by molar-refractivity contribution is -0.116. The van der Waals surface area contributed by atoms with Crippen LogP contribution in [0.4, 0.5) is 5.69 Å². The number of aromatic nitrogens is 2. The van der Waals surface area contributed by atoms with Crippen molar-refractivity contribution in [1.82, 2.24) is 14.9 Å². The molecule has 9 nitrogen and oxygen atoms in total. The molecule has 0 radical (unpaired) electrons. The van der Waals surface area contributed by atoms with E-state index in [1.807, 2.05) is 13.8 Å². The van der Waals surface area contributed by atoms with Crippen molar-refractivity contribution >= 4 is 21.6 Å². The maximum absolute atomic E-state index is 12.1. The minimum atomic E-state index is -3.66. The number of aryl methyl sites for hydroxylation is 1. The first kappa shape index (κ1) is 20.0. The van der Waals surface area contributed by atoms with Gasteiger partial charge < -0.3 is 15.6 Å². The van der Waals surface area contributed by atoms with E-state index in [1.165, 1.54) is 12.1 Å². The number of amides is 1. The summed E-state index contributed by atoms with van der Waals surface area (Å²) in [7, 11) is -3.66. The second-order valence-corrected chi connectivity index (χ2v) is 7.73. The summed E-state index contributed by atoms with van der Waals surface area (Å²) in [5.41, 5.74) is 5.70. The van der Waals surface area contributed by atoms with E-state index < -0.39 is 10.0 Å². The molecular formula is C16H23N5O4S.